The maximum absolute atomic E-state index is 13.3. The molecule has 39 heavy (non-hydrogen) atoms. The van der Waals surface area contributed by atoms with E-state index in [1.54, 1.807) is 36.4 Å². The van der Waals surface area contributed by atoms with Crippen LogP contribution in [0.4, 0.5) is 5.13 Å². The molecule has 0 spiro atoms. The number of carbonyl (C=O) groups is 3. The van der Waals surface area contributed by atoms with Crippen LogP contribution in [-0.2, 0) is 9.84 Å². The first-order valence-corrected chi connectivity index (χ1v) is 14.1. The first-order valence-electron chi connectivity index (χ1n) is 11.8. The van der Waals surface area contributed by atoms with Crippen LogP contribution in [0, 0.1) is 0 Å². The molecule has 190 valence electrons. The minimum Gasteiger partial charge on any atom is -0.298 e. The molecule has 1 N–H and O–H groups in total. The molecule has 4 aromatic carbocycles. The molecular formula is C30H18N2O5S2. The predicted molar refractivity (Wildman–Crippen MR) is 147 cm³/mol. The average Bonchev–Trinajstić information content (AvgIpc) is 3.40. The Morgan fingerprint density at radius 1 is 0.718 bits per heavy atom. The van der Waals surface area contributed by atoms with E-state index < -0.39 is 21.5 Å². The molecule has 0 bridgehead atoms. The van der Waals surface area contributed by atoms with Crippen LogP contribution in [0.2, 0.25) is 0 Å². The Morgan fingerprint density at radius 2 is 1.36 bits per heavy atom. The molecule has 1 aromatic heterocycles. The molecule has 0 unspecified atom stereocenters. The van der Waals surface area contributed by atoms with Crippen LogP contribution in [0.25, 0.3) is 11.3 Å². The fourth-order valence-electron chi connectivity index (χ4n) is 4.43. The molecule has 0 radical (unpaired) electrons. The van der Waals surface area contributed by atoms with Gasteiger partial charge in [0.15, 0.2) is 10.9 Å². The van der Waals surface area contributed by atoms with E-state index in [4.69, 9.17) is 0 Å². The van der Waals surface area contributed by atoms with E-state index >= 15 is 0 Å². The van der Waals surface area contributed by atoms with Crippen molar-refractivity contribution in [2.75, 3.05) is 5.32 Å². The normalized spacial score (nSPS) is 13.3. The molecule has 0 fully saturated rings. The van der Waals surface area contributed by atoms with Crippen molar-refractivity contribution < 1.29 is 22.8 Å². The van der Waals surface area contributed by atoms with Gasteiger partial charge in [-0.25, -0.2) is 13.4 Å². The van der Waals surface area contributed by atoms with E-state index in [9.17, 15) is 22.8 Å². The molecule has 9 heteroatoms. The number of amides is 1. The summed E-state index contributed by atoms with van der Waals surface area (Å²) >= 11 is 1.03. The van der Waals surface area contributed by atoms with Crippen molar-refractivity contribution in [3.8, 4) is 11.3 Å². The second-order valence-electron chi connectivity index (χ2n) is 8.75. The number of fused-ring (bicyclic) bond motifs is 2. The van der Waals surface area contributed by atoms with E-state index in [0.29, 0.717) is 21.7 Å². The van der Waals surface area contributed by atoms with Crippen molar-refractivity contribution >= 4 is 43.8 Å². The van der Waals surface area contributed by atoms with E-state index in [-0.39, 0.29) is 37.4 Å². The number of carbonyl (C=O) groups excluding carboxylic acids is 3. The van der Waals surface area contributed by atoms with E-state index in [0.717, 1.165) is 11.3 Å². The Kier molecular flexibility index (Phi) is 6.02. The Bertz CT molecular complexity index is 1900. The molecule has 1 aliphatic rings. The van der Waals surface area contributed by atoms with Crippen LogP contribution >= 0.6 is 11.3 Å². The quantitative estimate of drug-likeness (QED) is 0.277. The number of rotatable bonds is 5. The summed E-state index contributed by atoms with van der Waals surface area (Å²) in [4.78, 5) is 44.1. The molecule has 1 aliphatic heterocycles. The van der Waals surface area contributed by atoms with Gasteiger partial charge in [-0.2, -0.15) is 0 Å². The number of nitrogens with zero attached hydrogens (tertiary/aromatic N) is 1. The second-order valence-corrected chi connectivity index (χ2v) is 11.6. The number of hydrogen-bond donors (Lipinski definition) is 1. The Morgan fingerprint density at radius 3 is 2.10 bits per heavy atom. The van der Waals surface area contributed by atoms with Crippen LogP contribution < -0.4 is 5.32 Å². The fourth-order valence-corrected chi connectivity index (χ4v) is 7.06. The number of sulfone groups is 1. The van der Waals surface area contributed by atoms with E-state index in [2.05, 4.69) is 10.3 Å². The van der Waals surface area contributed by atoms with Gasteiger partial charge < -0.3 is 0 Å². The summed E-state index contributed by atoms with van der Waals surface area (Å²) in [5.74, 6) is -1.27. The molecule has 0 aliphatic carbocycles. The highest BCUT2D eigenvalue weighted by Crippen LogP contribution is 2.36. The summed E-state index contributed by atoms with van der Waals surface area (Å²) < 4.78 is 26.5. The highest BCUT2D eigenvalue weighted by Gasteiger charge is 2.35. The summed E-state index contributed by atoms with van der Waals surface area (Å²) in [7, 11) is -4.00. The van der Waals surface area contributed by atoms with Crippen molar-refractivity contribution in [2.24, 2.45) is 0 Å². The summed E-state index contributed by atoms with van der Waals surface area (Å²) in [5.41, 5.74) is 1.79. The number of hydrogen-bond acceptors (Lipinski definition) is 7. The van der Waals surface area contributed by atoms with Gasteiger partial charge in [-0.3, -0.25) is 19.7 Å². The van der Waals surface area contributed by atoms with Gasteiger partial charge in [0.05, 0.1) is 15.5 Å². The molecule has 0 saturated heterocycles. The molecule has 0 atom stereocenters. The first-order chi connectivity index (χ1) is 18.8. The first kappa shape index (κ1) is 24.6. The standard InChI is InChI=1S/C30H18N2O5S2/c33-26(19-11-5-2-6-12-19)28-25(18-9-3-1-4-10-18)31-30(38-28)32-29(35)20-15-16-22-24(17-20)39(36,37)23-14-8-7-13-21(23)27(22)34/h1-17H,(H,31,32,35). The summed E-state index contributed by atoms with van der Waals surface area (Å²) in [6, 6.07) is 27.9. The number of benzene rings is 4. The van der Waals surface area contributed by atoms with E-state index in [1.807, 2.05) is 36.4 Å². The zero-order chi connectivity index (χ0) is 27.1. The monoisotopic (exact) mass is 550 g/mol. The third-order valence-corrected chi connectivity index (χ3v) is 9.16. The van der Waals surface area contributed by atoms with Gasteiger partial charge in [0.2, 0.25) is 15.6 Å². The van der Waals surface area contributed by atoms with Gasteiger partial charge >= 0.3 is 0 Å². The minimum absolute atomic E-state index is 0.0154. The number of nitrogens with one attached hydrogen (secondary N) is 1. The predicted octanol–water partition coefficient (Wildman–Crippen LogP) is 5.67. The van der Waals surface area contributed by atoms with Gasteiger partial charge in [0, 0.05) is 27.8 Å². The highest BCUT2D eigenvalue weighted by atomic mass is 32.2. The number of ketones is 2. The van der Waals surface area contributed by atoms with Crippen molar-refractivity contribution in [1.29, 1.82) is 0 Å². The fraction of sp³-hybridized carbons (Fsp3) is 0. The van der Waals surface area contributed by atoms with Crippen LogP contribution in [0.1, 0.15) is 41.5 Å². The molecule has 1 amide bonds. The number of thiazole rings is 1. The zero-order valence-corrected chi connectivity index (χ0v) is 21.8. The highest BCUT2D eigenvalue weighted by molar-refractivity contribution is 7.91. The lowest BCUT2D eigenvalue weighted by Crippen LogP contribution is -2.21. The lowest BCUT2D eigenvalue weighted by atomic mass is 10.0. The Labute approximate surface area is 227 Å². The van der Waals surface area contributed by atoms with Crippen LogP contribution in [0.3, 0.4) is 0 Å². The maximum Gasteiger partial charge on any atom is 0.257 e. The lowest BCUT2D eigenvalue weighted by molar-refractivity contribution is 0.101. The van der Waals surface area contributed by atoms with Crippen molar-refractivity contribution in [3.63, 3.8) is 0 Å². The van der Waals surface area contributed by atoms with Crippen molar-refractivity contribution in [1.82, 2.24) is 4.98 Å². The van der Waals surface area contributed by atoms with Crippen molar-refractivity contribution in [3.05, 3.63) is 130 Å². The van der Waals surface area contributed by atoms with Crippen LogP contribution in [0.5, 0.6) is 0 Å². The number of aromatic nitrogens is 1. The molecule has 0 saturated carbocycles. The van der Waals surface area contributed by atoms with Gasteiger partial charge in [0.25, 0.3) is 5.91 Å². The van der Waals surface area contributed by atoms with Gasteiger partial charge in [-0.1, -0.05) is 84.1 Å². The molecule has 6 rings (SSSR count). The zero-order valence-electron chi connectivity index (χ0n) is 20.1. The van der Waals surface area contributed by atoms with Crippen LogP contribution in [-0.4, -0.2) is 30.9 Å². The molecule has 5 aromatic rings. The van der Waals surface area contributed by atoms with Gasteiger partial charge in [0.1, 0.15) is 4.88 Å². The Hall–Kier alpha value is -4.73. The molecule has 2 heterocycles. The Balaban J connectivity index is 1.36. The third kappa shape index (κ3) is 4.27. The molecule has 7 nitrogen and oxygen atoms in total. The van der Waals surface area contributed by atoms with E-state index in [1.165, 1.54) is 30.3 Å². The van der Waals surface area contributed by atoms with Gasteiger partial charge in [-0.15, -0.1) is 0 Å². The minimum atomic E-state index is -4.00. The second kappa shape index (κ2) is 9.54. The third-order valence-electron chi connectivity index (χ3n) is 6.34. The van der Waals surface area contributed by atoms with Crippen LogP contribution in [0.15, 0.2) is 113 Å². The topological polar surface area (TPSA) is 110 Å². The van der Waals surface area contributed by atoms with Gasteiger partial charge in [-0.05, 0) is 30.3 Å². The van der Waals surface area contributed by atoms with Crippen molar-refractivity contribution in [2.45, 2.75) is 9.79 Å². The lowest BCUT2D eigenvalue weighted by Gasteiger charge is -2.19. The largest absolute Gasteiger partial charge is 0.298 e. The summed E-state index contributed by atoms with van der Waals surface area (Å²) in [5, 5.41) is 2.88. The summed E-state index contributed by atoms with van der Waals surface area (Å²) in [6.45, 7) is 0. The maximum atomic E-state index is 13.3. The SMILES string of the molecule is O=C(Nc1nc(-c2ccccc2)c(C(=O)c2ccccc2)s1)c1ccc2c(c1)S(=O)(=O)c1ccccc1C2=O. The molecular weight excluding hydrogens is 532 g/mol. The smallest absolute Gasteiger partial charge is 0.257 e. The average molecular weight is 551 g/mol. The summed E-state index contributed by atoms with van der Waals surface area (Å²) in [6.07, 6.45) is 0. The number of anilines is 1.